The van der Waals surface area contributed by atoms with E-state index in [1.807, 2.05) is 10.8 Å². The molecule has 3 heterocycles. The number of nitrogens with one attached hydrogen (secondary N) is 1. The van der Waals surface area contributed by atoms with Crippen LogP contribution in [-0.2, 0) is 17.9 Å². The van der Waals surface area contributed by atoms with Gasteiger partial charge in [0.05, 0.1) is 18.8 Å². The van der Waals surface area contributed by atoms with Crippen LogP contribution in [0.15, 0.2) is 29.2 Å². The molecule has 2 aromatic rings. The number of ether oxygens (including phenoxy) is 1. The zero-order valence-corrected chi connectivity index (χ0v) is 9.57. The molecule has 0 aromatic carbocycles. The molecule has 3 rings (SSSR count). The number of amides is 1. The van der Waals surface area contributed by atoms with Crippen LogP contribution in [0.2, 0.25) is 0 Å². The Kier molecular flexibility index (Phi) is 2.81. The van der Waals surface area contributed by atoms with E-state index in [1.165, 1.54) is 12.3 Å². The maximum absolute atomic E-state index is 11.6. The molecule has 94 valence electrons. The van der Waals surface area contributed by atoms with Crippen molar-refractivity contribution in [2.24, 2.45) is 0 Å². The fourth-order valence-electron chi connectivity index (χ4n) is 1.86. The van der Waals surface area contributed by atoms with E-state index in [0.29, 0.717) is 19.7 Å². The first-order valence-electron chi connectivity index (χ1n) is 5.63. The van der Waals surface area contributed by atoms with Gasteiger partial charge in [-0.3, -0.25) is 4.79 Å². The van der Waals surface area contributed by atoms with E-state index < -0.39 is 0 Å². The van der Waals surface area contributed by atoms with Gasteiger partial charge in [0.25, 0.3) is 5.91 Å². The second-order valence-corrected chi connectivity index (χ2v) is 4.02. The second kappa shape index (κ2) is 4.61. The molecule has 0 unspecified atom stereocenters. The predicted molar refractivity (Wildman–Crippen MR) is 59.6 cm³/mol. The molecular formula is C11H12N4O3. The number of hydrogen-bond acceptors (Lipinski definition) is 5. The van der Waals surface area contributed by atoms with Crippen LogP contribution in [0.3, 0.4) is 0 Å². The van der Waals surface area contributed by atoms with E-state index >= 15 is 0 Å². The van der Waals surface area contributed by atoms with E-state index in [0.717, 1.165) is 5.82 Å². The van der Waals surface area contributed by atoms with E-state index in [9.17, 15) is 4.79 Å². The molecule has 7 nitrogen and oxygen atoms in total. The summed E-state index contributed by atoms with van der Waals surface area (Å²) in [6.45, 7) is 1.58. The Bertz CT molecular complexity index is 534. The lowest BCUT2D eigenvalue weighted by Crippen LogP contribution is -2.38. The number of carbonyl (C=O) groups excluding carboxylic acids is 1. The van der Waals surface area contributed by atoms with Gasteiger partial charge in [-0.2, -0.15) is 0 Å². The highest BCUT2D eigenvalue weighted by atomic mass is 16.5. The lowest BCUT2D eigenvalue weighted by Gasteiger charge is -2.24. The maximum atomic E-state index is 11.6. The third-order valence-corrected chi connectivity index (χ3v) is 2.80. The van der Waals surface area contributed by atoms with Crippen LogP contribution in [0.1, 0.15) is 16.4 Å². The predicted octanol–water partition coefficient (Wildman–Crippen LogP) is 0.200. The summed E-state index contributed by atoms with van der Waals surface area (Å²) in [4.78, 5) is 15.8. The molecule has 1 aliphatic rings. The molecule has 0 fully saturated rings. The summed E-state index contributed by atoms with van der Waals surface area (Å²) in [5.74, 6) is 0.828. The average Bonchev–Trinajstić information content (AvgIpc) is 3.05. The fourth-order valence-corrected chi connectivity index (χ4v) is 1.86. The van der Waals surface area contributed by atoms with E-state index in [4.69, 9.17) is 9.26 Å². The van der Waals surface area contributed by atoms with Crippen LogP contribution in [0.5, 0.6) is 0 Å². The number of aromatic nitrogens is 3. The van der Waals surface area contributed by atoms with Crippen LogP contribution < -0.4 is 5.32 Å². The Morgan fingerprint density at radius 1 is 1.56 bits per heavy atom. The molecule has 0 bridgehead atoms. The molecule has 18 heavy (non-hydrogen) atoms. The summed E-state index contributed by atoms with van der Waals surface area (Å²) >= 11 is 0. The van der Waals surface area contributed by atoms with Gasteiger partial charge in [-0.05, 0) is 0 Å². The van der Waals surface area contributed by atoms with Crippen molar-refractivity contribution in [2.75, 3.05) is 6.54 Å². The van der Waals surface area contributed by atoms with Crippen LogP contribution in [0, 0.1) is 0 Å². The van der Waals surface area contributed by atoms with Crippen LogP contribution in [0.25, 0.3) is 0 Å². The first kappa shape index (κ1) is 11.0. The normalized spacial score (nSPS) is 18.3. The highest BCUT2D eigenvalue weighted by Gasteiger charge is 2.20. The smallest absolute Gasteiger partial charge is 0.289 e. The van der Waals surface area contributed by atoms with Crippen molar-refractivity contribution in [1.82, 2.24) is 20.0 Å². The first-order valence-corrected chi connectivity index (χ1v) is 5.63. The minimum Gasteiger partial charge on any atom is -0.367 e. The Balaban J connectivity index is 1.54. The highest BCUT2D eigenvalue weighted by molar-refractivity contribution is 5.91. The van der Waals surface area contributed by atoms with Gasteiger partial charge >= 0.3 is 0 Å². The van der Waals surface area contributed by atoms with E-state index in [2.05, 4.69) is 15.5 Å². The summed E-state index contributed by atoms with van der Waals surface area (Å²) in [7, 11) is 0. The summed E-state index contributed by atoms with van der Waals surface area (Å²) in [5.41, 5.74) is 0. The van der Waals surface area contributed by atoms with Gasteiger partial charge in [0, 0.05) is 25.0 Å². The van der Waals surface area contributed by atoms with Gasteiger partial charge in [-0.25, -0.2) is 4.98 Å². The molecule has 0 saturated carbocycles. The summed E-state index contributed by atoms with van der Waals surface area (Å²) in [6, 6.07) is 1.52. The molecule has 1 amide bonds. The Hall–Kier alpha value is -2.15. The number of nitrogens with zero attached hydrogens (tertiary/aromatic N) is 3. The van der Waals surface area contributed by atoms with E-state index in [-0.39, 0.29) is 17.8 Å². The fraction of sp³-hybridized carbons (Fsp3) is 0.364. The minimum atomic E-state index is -0.285. The van der Waals surface area contributed by atoms with Crippen molar-refractivity contribution in [3.63, 3.8) is 0 Å². The highest BCUT2D eigenvalue weighted by Crippen LogP contribution is 2.11. The Labute approximate surface area is 103 Å². The van der Waals surface area contributed by atoms with Crippen LogP contribution >= 0.6 is 0 Å². The van der Waals surface area contributed by atoms with Gasteiger partial charge in [0.2, 0.25) is 5.76 Å². The molecule has 1 atom stereocenters. The van der Waals surface area contributed by atoms with Gasteiger partial charge in [0.15, 0.2) is 0 Å². The quantitative estimate of drug-likeness (QED) is 0.839. The summed E-state index contributed by atoms with van der Waals surface area (Å²) in [6.07, 6.45) is 5.03. The van der Waals surface area contributed by atoms with Gasteiger partial charge in [-0.1, -0.05) is 5.16 Å². The first-order chi connectivity index (χ1) is 8.83. The number of hydrogen-bond donors (Lipinski definition) is 1. The SMILES string of the molecule is O=C(NC[C@H]1Cn2ccnc2CO1)c1ccno1. The van der Waals surface area contributed by atoms with Gasteiger partial charge < -0.3 is 19.1 Å². The molecule has 2 aromatic heterocycles. The number of fused-ring (bicyclic) bond motifs is 1. The zero-order chi connectivity index (χ0) is 12.4. The molecular weight excluding hydrogens is 236 g/mol. The maximum Gasteiger partial charge on any atom is 0.289 e. The lowest BCUT2D eigenvalue weighted by atomic mass is 10.3. The van der Waals surface area contributed by atoms with Crippen molar-refractivity contribution in [2.45, 2.75) is 19.3 Å². The zero-order valence-electron chi connectivity index (χ0n) is 9.57. The van der Waals surface area contributed by atoms with Crippen molar-refractivity contribution in [1.29, 1.82) is 0 Å². The number of rotatable bonds is 3. The Morgan fingerprint density at radius 2 is 2.50 bits per heavy atom. The monoisotopic (exact) mass is 248 g/mol. The molecule has 0 radical (unpaired) electrons. The van der Waals surface area contributed by atoms with E-state index in [1.54, 1.807) is 6.20 Å². The summed E-state index contributed by atoms with van der Waals surface area (Å²) in [5, 5.41) is 6.23. The lowest BCUT2D eigenvalue weighted by molar-refractivity contribution is 0.00308. The van der Waals surface area contributed by atoms with Gasteiger partial charge in [-0.15, -0.1) is 0 Å². The molecule has 0 saturated heterocycles. The minimum absolute atomic E-state index is 0.0569. The topological polar surface area (TPSA) is 82.2 Å². The third kappa shape index (κ3) is 2.12. The number of imidazole rings is 1. The van der Waals surface area contributed by atoms with Crippen molar-refractivity contribution in [3.8, 4) is 0 Å². The second-order valence-electron chi connectivity index (χ2n) is 4.02. The molecule has 1 N–H and O–H groups in total. The largest absolute Gasteiger partial charge is 0.367 e. The van der Waals surface area contributed by atoms with Crippen molar-refractivity contribution in [3.05, 3.63) is 36.2 Å². The molecule has 0 aliphatic carbocycles. The Morgan fingerprint density at radius 3 is 3.33 bits per heavy atom. The van der Waals surface area contributed by atoms with Gasteiger partial charge in [0.1, 0.15) is 12.4 Å². The number of carbonyl (C=O) groups is 1. The average molecular weight is 248 g/mol. The van der Waals surface area contributed by atoms with Crippen molar-refractivity contribution >= 4 is 5.91 Å². The third-order valence-electron chi connectivity index (χ3n) is 2.80. The molecule has 0 spiro atoms. The standard InChI is InChI=1S/C11H12N4O3/c16-11(9-1-2-14-18-9)13-5-8-6-15-4-3-12-10(15)7-17-8/h1-4,8H,5-7H2,(H,13,16)/t8-/m0/s1. The van der Waals surface area contributed by atoms with Crippen molar-refractivity contribution < 1.29 is 14.1 Å². The van der Waals surface area contributed by atoms with Crippen LogP contribution in [-0.4, -0.2) is 33.3 Å². The summed E-state index contributed by atoms with van der Waals surface area (Å²) < 4.78 is 12.4. The molecule has 1 aliphatic heterocycles. The molecule has 7 heteroatoms. The van der Waals surface area contributed by atoms with Crippen LogP contribution in [0.4, 0.5) is 0 Å².